The third-order valence-corrected chi connectivity index (χ3v) is 30.4. The molecule has 12 fully saturated rings. The lowest BCUT2D eigenvalue weighted by molar-refractivity contribution is 0.00411. The molecule has 8 heteroatoms. The number of aliphatic hydroxyl groups is 8. The summed E-state index contributed by atoms with van der Waals surface area (Å²) in [4.78, 5) is 0. The van der Waals surface area contributed by atoms with Gasteiger partial charge < -0.3 is 40.9 Å². The number of fused-ring (bicyclic) bond motifs is 84. The molecule has 8 N–H and O–H groups in total. The van der Waals surface area contributed by atoms with Gasteiger partial charge in [0, 0.05) is 0 Å². The molecule has 112 heavy (non-hydrogen) atoms. The van der Waals surface area contributed by atoms with Crippen molar-refractivity contribution in [1.82, 2.24) is 0 Å². The summed E-state index contributed by atoms with van der Waals surface area (Å²) >= 11 is 0. The monoisotopic (exact) mass is 1580 g/mol. The van der Waals surface area contributed by atoms with E-state index in [0.29, 0.717) is 0 Å². The second-order valence-electron chi connectivity index (χ2n) is 41.3. The summed E-state index contributed by atoms with van der Waals surface area (Å²) in [5.41, 5.74) is -3.05. The topological polar surface area (TPSA) is 162 Å². The van der Waals surface area contributed by atoms with Crippen LogP contribution < -0.4 is 0 Å². The molecule has 0 saturated heterocycles. The van der Waals surface area contributed by atoms with Gasteiger partial charge >= 0.3 is 0 Å². The van der Waals surface area contributed by atoms with Gasteiger partial charge in [0.2, 0.25) is 0 Å². The molecule has 0 aromatic carbocycles. The molecule has 0 radical (unpaired) electrons. The van der Waals surface area contributed by atoms with E-state index in [1.54, 1.807) is 0 Å². The van der Waals surface area contributed by atoms with Gasteiger partial charge in [-0.3, -0.25) is 0 Å². The van der Waals surface area contributed by atoms with E-state index in [4.69, 9.17) is 0 Å². The SMILES string of the molecule is OC12CCCCCCCCC(O)(CCCCCCCC1)CCCCCCCC2.OC12CCCCCCCCC(O)(CCCCCCCC1)CCCCCCCC2.OC12CCCCCCCCC(O)(CCCCCCCC1)CCCCCCCC2.OC12CCCCCCCCC(O)(CCCCCCCC1)CCCCCCCC2. The van der Waals surface area contributed by atoms with Crippen LogP contribution in [-0.2, 0) is 0 Å². The Morgan fingerprint density at radius 2 is 0.0982 bits per heavy atom. The maximum Gasteiger partial charge on any atom is 0.0647 e. The first-order valence-corrected chi connectivity index (χ1v) is 52.3. The highest BCUT2D eigenvalue weighted by atomic mass is 16.3. The molecule has 0 aliphatic heterocycles. The Kier molecular flexibility index (Phi) is 58.9. The third-order valence-electron chi connectivity index (χ3n) is 30.4. The van der Waals surface area contributed by atoms with Crippen molar-refractivity contribution in [2.45, 2.75) is 661 Å². The molecule has 0 spiro atoms. The average Bonchev–Trinajstić information content (AvgIpc) is 0.874. The molecule has 0 aromatic heterocycles. The normalized spacial score (nSPS) is 34.5. The van der Waals surface area contributed by atoms with Crippen LogP contribution in [0.5, 0.6) is 0 Å². The lowest BCUT2D eigenvalue weighted by Crippen LogP contribution is -2.29. The molecule has 0 unspecified atom stereocenters. The van der Waals surface area contributed by atoms with E-state index < -0.39 is 0 Å². The summed E-state index contributed by atoms with van der Waals surface area (Å²) in [6.45, 7) is 0. The van der Waals surface area contributed by atoms with E-state index in [0.717, 1.165) is 154 Å². The molecule has 0 amide bonds. The number of hydrogen-bond acceptors (Lipinski definition) is 8. The van der Waals surface area contributed by atoms with E-state index in [9.17, 15) is 40.9 Å². The molecular formula is C104H200O8. The predicted molar refractivity (Wildman–Crippen MR) is 483 cm³/mol. The van der Waals surface area contributed by atoms with Crippen molar-refractivity contribution < 1.29 is 40.9 Å². The van der Waals surface area contributed by atoms with E-state index in [-0.39, 0.29) is 44.8 Å². The highest BCUT2D eigenvalue weighted by molar-refractivity contribution is 4.87. The maximum atomic E-state index is 11.3. The third kappa shape index (κ3) is 53.5. The molecule has 12 saturated carbocycles. The molecule has 8 nitrogen and oxygen atoms in total. The fraction of sp³-hybridized carbons (Fsp3) is 1.00. The van der Waals surface area contributed by atoms with Crippen molar-refractivity contribution in [2.24, 2.45) is 0 Å². The van der Waals surface area contributed by atoms with Crippen LogP contribution in [0.4, 0.5) is 0 Å². The second kappa shape index (κ2) is 64.5. The molecule has 0 heterocycles. The van der Waals surface area contributed by atoms with Crippen LogP contribution in [0.3, 0.4) is 0 Å². The van der Waals surface area contributed by atoms with E-state index in [2.05, 4.69) is 0 Å². The summed E-state index contributed by atoms with van der Waals surface area (Å²) in [6, 6.07) is 0. The van der Waals surface area contributed by atoms with Gasteiger partial charge in [-0.15, -0.1) is 0 Å². The minimum absolute atomic E-state index is 0.382. The fourth-order valence-corrected chi connectivity index (χ4v) is 22.4. The van der Waals surface area contributed by atoms with Gasteiger partial charge in [-0.1, -0.05) is 462 Å². The van der Waals surface area contributed by atoms with Crippen LogP contribution in [0.1, 0.15) is 616 Å². The zero-order chi connectivity index (χ0) is 79.9. The zero-order valence-corrected chi connectivity index (χ0v) is 75.5. The van der Waals surface area contributed by atoms with Gasteiger partial charge in [-0.05, 0) is 154 Å². The minimum atomic E-state index is -0.382. The summed E-state index contributed by atoms with van der Waals surface area (Å²) in [5.74, 6) is 0. The maximum absolute atomic E-state index is 11.3. The molecule has 12 aliphatic carbocycles. The van der Waals surface area contributed by atoms with Gasteiger partial charge in [0.1, 0.15) is 0 Å². The van der Waals surface area contributed by atoms with Gasteiger partial charge in [0.25, 0.3) is 0 Å². The van der Waals surface area contributed by atoms with Crippen LogP contribution in [0, 0.1) is 0 Å². The summed E-state index contributed by atoms with van der Waals surface area (Å²) in [7, 11) is 0. The molecule has 12 rings (SSSR count). The Hall–Kier alpha value is -0.320. The minimum Gasteiger partial charge on any atom is -0.390 e. The summed E-state index contributed by atoms with van der Waals surface area (Å²) in [6.07, 6.45) is 115. The lowest BCUT2D eigenvalue weighted by Gasteiger charge is -2.30. The van der Waals surface area contributed by atoms with E-state index >= 15 is 0 Å². The summed E-state index contributed by atoms with van der Waals surface area (Å²) in [5, 5.41) is 90.2. The van der Waals surface area contributed by atoms with Crippen molar-refractivity contribution in [3.05, 3.63) is 0 Å². The van der Waals surface area contributed by atoms with Crippen molar-refractivity contribution in [3.8, 4) is 0 Å². The standard InChI is InChI=1S/4C26H50O2/c4*27-25-19-13-7-1-2-8-14-20-26(28,23-17-11-5-3-9-15-21-25)24-18-12-6-4-10-16-22-25/h4*27-28H,1-24H2. The predicted octanol–water partition coefficient (Wildman–Crippen LogP) is 31.4. The average molecular weight is 1580 g/mol. The van der Waals surface area contributed by atoms with Crippen LogP contribution in [0.25, 0.3) is 0 Å². The van der Waals surface area contributed by atoms with Gasteiger partial charge in [0.05, 0.1) is 44.8 Å². The van der Waals surface area contributed by atoms with Crippen LogP contribution in [0.15, 0.2) is 0 Å². The molecule has 0 aromatic rings. The Bertz CT molecular complexity index is 1450. The zero-order valence-electron chi connectivity index (χ0n) is 75.5. The molecule has 0 atom stereocenters. The van der Waals surface area contributed by atoms with Crippen molar-refractivity contribution in [3.63, 3.8) is 0 Å². The highest BCUT2D eigenvalue weighted by Gasteiger charge is 2.33. The Labute approximate surface area is 698 Å². The highest BCUT2D eigenvalue weighted by Crippen LogP contribution is 2.39. The first-order valence-electron chi connectivity index (χ1n) is 52.3. The van der Waals surface area contributed by atoms with Crippen LogP contribution in [-0.4, -0.2) is 85.7 Å². The van der Waals surface area contributed by atoms with Crippen molar-refractivity contribution in [1.29, 1.82) is 0 Å². The quantitative estimate of drug-likeness (QED) is 0.119. The van der Waals surface area contributed by atoms with Gasteiger partial charge in [-0.2, -0.15) is 0 Å². The van der Waals surface area contributed by atoms with E-state index in [1.807, 2.05) is 0 Å². The first-order chi connectivity index (χ1) is 54.5. The Balaban J connectivity index is 0.000000267. The molecule has 8 bridgehead atoms. The van der Waals surface area contributed by atoms with Crippen LogP contribution >= 0.6 is 0 Å². The molecule has 664 valence electrons. The molecule has 12 aliphatic rings. The number of hydrogen-bond donors (Lipinski definition) is 8. The lowest BCUT2D eigenvalue weighted by atomic mass is 9.83. The van der Waals surface area contributed by atoms with Crippen molar-refractivity contribution >= 4 is 0 Å². The fourth-order valence-electron chi connectivity index (χ4n) is 22.4. The van der Waals surface area contributed by atoms with Gasteiger partial charge in [-0.25, -0.2) is 0 Å². The molecular weight excluding hydrogens is 1380 g/mol. The van der Waals surface area contributed by atoms with Crippen molar-refractivity contribution in [2.75, 3.05) is 0 Å². The second-order valence-corrected chi connectivity index (χ2v) is 41.3. The first kappa shape index (κ1) is 102. The largest absolute Gasteiger partial charge is 0.390 e. The summed E-state index contributed by atoms with van der Waals surface area (Å²) < 4.78 is 0. The Morgan fingerprint density at radius 1 is 0.0625 bits per heavy atom. The van der Waals surface area contributed by atoms with E-state index in [1.165, 1.54) is 462 Å². The number of rotatable bonds is 0. The van der Waals surface area contributed by atoms with Crippen LogP contribution in [0.2, 0.25) is 0 Å². The Morgan fingerprint density at radius 3 is 0.143 bits per heavy atom. The van der Waals surface area contributed by atoms with Gasteiger partial charge in [0.15, 0.2) is 0 Å². The smallest absolute Gasteiger partial charge is 0.0647 e.